The van der Waals surface area contributed by atoms with Crippen LogP contribution in [0.2, 0.25) is 0 Å². The first kappa shape index (κ1) is 29.4. The Balaban J connectivity index is 3.12. The molecule has 0 aromatic carbocycles. The summed E-state index contributed by atoms with van der Waals surface area (Å²) in [6.45, 7) is 2.29. The minimum Gasteiger partial charge on any atom is -0.469 e. The molecular weight excluding hydrogens is 372 g/mol. The molecule has 0 aliphatic carbocycles. The SMILES string of the molecule is CCCCCCCCCCCCCCCCCCCCC[C@H](O)CCCC(=O)OC. The van der Waals surface area contributed by atoms with E-state index in [-0.39, 0.29) is 12.1 Å². The molecule has 0 radical (unpaired) electrons. The van der Waals surface area contributed by atoms with Crippen LogP contribution in [-0.4, -0.2) is 24.3 Å². The first-order chi connectivity index (χ1) is 14.7. The number of esters is 1. The van der Waals surface area contributed by atoms with Crippen molar-refractivity contribution < 1.29 is 14.6 Å². The standard InChI is InChI=1S/C27H54O3/c1-3-4-5-6-7-8-9-10-11-12-13-14-15-16-17-18-19-20-21-23-26(28)24-22-25-27(29)30-2/h26,28H,3-25H2,1-2H3/t26-/m0/s1. The molecule has 0 fully saturated rings. The van der Waals surface area contributed by atoms with Gasteiger partial charge in [-0.2, -0.15) is 0 Å². The van der Waals surface area contributed by atoms with Gasteiger partial charge in [-0.3, -0.25) is 4.79 Å². The molecule has 30 heavy (non-hydrogen) atoms. The molecule has 0 aliphatic heterocycles. The zero-order chi connectivity index (χ0) is 22.1. The summed E-state index contributed by atoms with van der Waals surface area (Å²) in [6.07, 6.45) is 28.9. The highest BCUT2D eigenvalue weighted by Gasteiger charge is 2.06. The van der Waals surface area contributed by atoms with Crippen LogP contribution < -0.4 is 0 Å². The summed E-state index contributed by atoms with van der Waals surface area (Å²) in [4.78, 5) is 11.0. The molecule has 0 aromatic rings. The van der Waals surface area contributed by atoms with Crippen LogP contribution in [0.5, 0.6) is 0 Å². The van der Waals surface area contributed by atoms with Crippen LogP contribution in [0.15, 0.2) is 0 Å². The Hall–Kier alpha value is -0.570. The third-order valence-electron chi connectivity index (χ3n) is 6.29. The van der Waals surface area contributed by atoms with Gasteiger partial charge in [0.25, 0.3) is 0 Å². The number of aliphatic hydroxyl groups excluding tert-OH is 1. The minimum absolute atomic E-state index is 0.175. The number of methoxy groups -OCH3 is 1. The van der Waals surface area contributed by atoms with Crippen LogP contribution in [0.1, 0.15) is 155 Å². The predicted molar refractivity (Wildman–Crippen MR) is 130 cm³/mol. The second-order valence-corrected chi connectivity index (χ2v) is 9.27. The first-order valence-corrected chi connectivity index (χ1v) is 13.5. The Morgan fingerprint density at radius 3 is 1.30 bits per heavy atom. The van der Waals surface area contributed by atoms with Crippen LogP contribution in [0.4, 0.5) is 0 Å². The number of ether oxygens (including phenoxy) is 1. The smallest absolute Gasteiger partial charge is 0.305 e. The molecule has 0 aromatic heterocycles. The third-order valence-corrected chi connectivity index (χ3v) is 6.29. The molecule has 1 atom stereocenters. The van der Waals surface area contributed by atoms with E-state index in [1.54, 1.807) is 0 Å². The van der Waals surface area contributed by atoms with E-state index in [9.17, 15) is 9.90 Å². The van der Waals surface area contributed by atoms with Gasteiger partial charge in [0.15, 0.2) is 0 Å². The van der Waals surface area contributed by atoms with Crippen LogP contribution in [0.25, 0.3) is 0 Å². The fourth-order valence-corrected chi connectivity index (χ4v) is 4.19. The average molecular weight is 427 g/mol. The van der Waals surface area contributed by atoms with Gasteiger partial charge >= 0.3 is 5.97 Å². The van der Waals surface area contributed by atoms with E-state index in [4.69, 9.17) is 0 Å². The number of hydrogen-bond acceptors (Lipinski definition) is 3. The van der Waals surface area contributed by atoms with Crippen LogP contribution >= 0.6 is 0 Å². The van der Waals surface area contributed by atoms with Gasteiger partial charge in [0.05, 0.1) is 13.2 Å². The monoisotopic (exact) mass is 426 g/mol. The molecule has 180 valence electrons. The highest BCUT2D eigenvalue weighted by atomic mass is 16.5. The molecule has 3 heteroatoms. The van der Waals surface area contributed by atoms with Crippen molar-refractivity contribution in [2.45, 2.75) is 161 Å². The molecular formula is C27H54O3. The van der Waals surface area contributed by atoms with Gasteiger partial charge in [-0.25, -0.2) is 0 Å². The van der Waals surface area contributed by atoms with Crippen molar-refractivity contribution in [2.75, 3.05) is 7.11 Å². The van der Waals surface area contributed by atoms with E-state index >= 15 is 0 Å². The normalized spacial score (nSPS) is 12.2. The van der Waals surface area contributed by atoms with Gasteiger partial charge in [-0.15, -0.1) is 0 Å². The Bertz CT molecular complexity index is 343. The summed E-state index contributed by atoms with van der Waals surface area (Å²) >= 11 is 0. The Morgan fingerprint density at radius 2 is 0.933 bits per heavy atom. The molecule has 0 unspecified atom stereocenters. The highest BCUT2D eigenvalue weighted by molar-refractivity contribution is 5.68. The van der Waals surface area contributed by atoms with Crippen molar-refractivity contribution in [3.05, 3.63) is 0 Å². The number of carbonyl (C=O) groups excluding carboxylic acids is 1. The van der Waals surface area contributed by atoms with Gasteiger partial charge < -0.3 is 9.84 Å². The van der Waals surface area contributed by atoms with Crippen LogP contribution in [0, 0.1) is 0 Å². The second kappa shape index (κ2) is 24.7. The van der Waals surface area contributed by atoms with E-state index in [0.29, 0.717) is 12.8 Å². The third kappa shape index (κ3) is 23.7. The topological polar surface area (TPSA) is 46.5 Å². The highest BCUT2D eigenvalue weighted by Crippen LogP contribution is 2.15. The zero-order valence-corrected chi connectivity index (χ0v) is 20.6. The fraction of sp³-hybridized carbons (Fsp3) is 0.963. The maximum Gasteiger partial charge on any atom is 0.305 e. The van der Waals surface area contributed by atoms with Crippen molar-refractivity contribution in [3.63, 3.8) is 0 Å². The number of rotatable bonds is 24. The van der Waals surface area contributed by atoms with Crippen molar-refractivity contribution >= 4 is 5.97 Å². The van der Waals surface area contributed by atoms with Gasteiger partial charge in [-0.05, 0) is 19.3 Å². The maximum atomic E-state index is 11.0. The number of aliphatic hydroxyl groups is 1. The summed E-state index contributed by atoms with van der Waals surface area (Å²) < 4.78 is 4.61. The maximum absolute atomic E-state index is 11.0. The largest absolute Gasteiger partial charge is 0.469 e. The van der Waals surface area contributed by atoms with Gasteiger partial charge in [0.2, 0.25) is 0 Å². The zero-order valence-electron chi connectivity index (χ0n) is 20.6. The second-order valence-electron chi connectivity index (χ2n) is 9.27. The molecule has 3 nitrogen and oxygen atoms in total. The summed E-state index contributed by atoms with van der Waals surface area (Å²) in [5, 5.41) is 9.93. The summed E-state index contributed by atoms with van der Waals surface area (Å²) in [5.74, 6) is -0.175. The predicted octanol–water partition coefficient (Wildman–Crippen LogP) is 8.51. The molecule has 0 spiro atoms. The lowest BCUT2D eigenvalue weighted by atomic mass is 10.0. The minimum atomic E-state index is -0.250. The Morgan fingerprint density at radius 1 is 0.600 bits per heavy atom. The van der Waals surface area contributed by atoms with E-state index in [0.717, 1.165) is 19.3 Å². The molecule has 0 aliphatic rings. The van der Waals surface area contributed by atoms with Gasteiger partial charge in [0.1, 0.15) is 0 Å². The van der Waals surface area contributed by atoms with E-state index in [1.165, 1.54) is 123 Å². The van der Waals surface area contributed by atoms with Crippen molar-refractivity contribution in [1.29, 1.82) is 0 Å². The molecule has 0 saturated heterocycles. The van der Waals surface area contributed by atoms with Gasteiger partial charge in [-0.1, -0.05) is 129 Å². The number of unbranched alkanes of at least 4 members (excludes halogenated alkanes) is 18. The average Bonchev–Trinajstić information content (AvgIpc) is 2.75. The fourth-order valence-electron chi connectivity index (χ4n) is 4.19. The van der Waals surface area contributed by atoms with Crippen molar-refractivity contribution in [3.8, 4) is 0 Å². The molecule has 0 amide bonds. The lowest BCUT2D eigenvalue weighted by Gasteiger charge is -2.09. The van der Waals surface area contributed by atoms with Crippen LogP contribution in [0.3, 0.4) is 0 Å². The molecule has 0 rings (SSSR count). The van der Waals surface area contributed by atoms with Crippen molar-refractivity contribution in [2.24, 2.45) is 0 Å². The number of hydrogen-bond donors (Lipinski definition) is 1. The summed E-state index contributed by atoms with van der Waals surface area (Å²) in [6, 6.07) is 0. The first-order valence-electron chi connectivity index (χ1n) is 13.5. The van der Waals surface area contributed by atoms with E-state index in [1.807, 2.05) is 0 Å². The molecule has 0 heterocycles. The molecule has 0 bridgehead atoms. The Kier molecular flexibility index (Phi) is 24.2. The van der Waals surface area contributed by atoms with E-state index in [2.05, 4.69) is 11.7 Å². The lowest BCUT2D eigenvalue weighted by molar-refractivity contribution is -0.140. The van der Waals surface area contributed by atoms with Crippen LogP contribution in [-0.2, 0) is 9.53 Å². The Labute approximate surface area is 188 Å². The summed E-state index contributed by atoms with van der Waals surface area (Å²) in [5.41, 5.74) is 0. The number of carbonyl (C=O) groups is 1. The summed E-state index contributed by atoms with van der Waals surface area (Å²) in [7, 11) is 1.41. The van der Waals surface area contributed by atoms with Gasteiger partial charge in [0, 0.05) is 6.42 Å². The van der Waals surface area contributed by atoms with E-state index < -0.39 is 0 Å². The molecule has 0 saturated carbocycles. The van der Waals surface area contributed by atoms with Crippen molar-refractivity contribution in [1.82, 2.24) is 0 Å². The lowest BCUT2D eigenvalue weighted by Crippen LogP contribution is -2.08. The molecule has 1 N–H and O–H groups in total. The quantitative estimate of drug-likeness (QED) is 0.124.